The molecule has 1 unspecified atom stereocenters. The lowest BCUT2D eigenvalue weighted by Gasteiger charge is -2.46. The molecule has 5 nitrogen and oxygen atoms in total. The van der Waals surface area contributed by atoms with Gasteiger partial charge in [0.2, 0.25) is 0 Å². The monoisotopic (exact) mass is 588 g/mol. The molecule has 0 spiro atoms. The molecule has 1 aromatic heterocycles. The van der Waals surface area contributed by atoms with Crippen LogP contribution in [0.15, 0.2) is 36.4 Å². The van der Waals surface area contributed by atoms with Crippen LogP contribution in [0.1, 0.15) is 113 Å². The number of rotatable bonds is 21. The molecule has 0 radical (unpaired) electrons. The number of ether oxygens (including phenoxy) is 5. The Bertz CT molecular complexity index is 929. The standard InChI is InChI=1S/C35H56O5S/c1-6-11-21-36-26-30-32(37-22-12-7-2)34(38-23-13-8-3)35(39-24-14-9-4)33(40-30)31-20-19-29(41-31)25-28-17-15-27(10-5)16-18-28/h15-20,30,32-35H,6-14,21-26H2,1-5H3/t30-,32-,33+,34?,35+/m1/s1. The molecule has 5 atom stereocenters. The molecular weight excluding hydrogens is 532 g/mol. The molecule has 3 rings (SSSR count). The van der Waals surface area contributed by atoms with Crippen LogP contribution >= 0.6 is 11.3 Å². The van der Waals surface area contributed by atoms with Gasteiger partial charge >= 0.3 is 0 Å². The molecule has 1 fully saturated rings. The summed E-state index contributed by atoms with van der Waals surface area (Å²) in [5.74, 6) is 0. The highest BCUT2D eigenvalue weighted by atomic mass is 32.1. The van der Waals surface area contributed by atoms with Crippen molar-refractivity contribution in [1.29, 1.82) is 0 Å². The van der Waals surface area contributed by atoms with Crippen molar-refractivity contribution in [2.45, 2.75) is 129 Å². The fraction of sp³-hybridized carbons (Fsp3) is 0.714. The smallest absolute Gasteiger partial charge is 0.121 e. The second kappa shape index (κ2) is 19.8. The van der Waals surface area contributed by atoms with E-state index >= 15 is 0 Å². The summed E-state index contributed by atoms with van der Waals surface area (Å²) in [5.41, 5.74) is 2.71. The molecule has 2 heterocycles. The molecule has 0 bridgehead atoms. The van der Waals surface area contributed by atoms with Crippen molar-refractivity contribution in [3.05, 3.63) is 57.3 Å². The van der Waals surface area contributed by atoms with Crippen LogP contribution in [0.25, 0.3) is 0 Å². The summed E-state index contributed by atoms with van der Waals surface area (Å²) in [6.45, 7) is 14.3. The van der Waals surface area contributed by atoms with E-state index in [1.807, 2.05) is 11.3 Å². The highest BCUT2D eigenvalue weighted by Crippen LogP contribution is 2.40. The summed E-state index contributed by atoms with van der Waals surface area (Å²) in [7, 11) is 0. The molecule has 41 heavy (non-hydrogen) atoms. The van der Waals surface area contributed by atoms with Crippen molar-refractivity contribution in [2.75, 3.05) is 33.0 Å². The van der Waals surface area contributed by atoms with Gasteiger partial charge < -0.3 is 23.7 Å². The van der Waals surface area contributed by atoms with Gasteiger partial charge in [0.15, 0.2) is 0 Å². The van der Waals surface area contributed by atoms with Gasteiger partial charge in [-0.25, -0.2) is 0 Å². The van der Waals surface area contributed by atoms with Gasteiger partial charge in [0.25, 0.3) is 0 Å². The van der Waals surface area contributed by atoms with Crippen LogP contribution in [-0.4, -0.2) is 57.5 Å². The first-order chi connectivity index (χ1) is 20.1. The van der Waals surface area contributed by atoms with Crippen molar-refractivity contribution in [1.82, 2.24) is 0 Å². The highest BCUT2D eigenvalue weighted by molar-refractivity contribution is 7.12. The zero-order valence-electron chi connectivity index (χ0n) is 26.4. The zero-order valence-corrected chi connectivity index (χ0v) is 27.2. The summed E-state index contributed by atoms with van der Waals surface area (Å²) in [4.78, 5) is 2.53. The van der Waals surface area contributed by atoms with E-state index in [9.17, 15) is 0 Å². The molecule has 1 aliphatic heterocycles. The van der Waals surface area contributed by atoms with Gasteiger partial charge in [0.1, 0.15) is 30.5 Å². The Hall–Kier alpha value is -1.28. The number of hydrogen-bond donors (Lipinski definition) is 0. The Labute approximate surface area is 254 Å². The minimum Gasteiger partial charge on any atom is -0.379 e. The Morgan fingerprint density at radius 2 is 1.20 bits per heavy atom. The first kappa shape index (κ1) is 34.2. The van der Waals surface area contributed by atoms with Crippen LogP contribution in [0.4, 0.5) is 0 Å². The van der Waals surface area contributed by atoms with Crippen LogP contribution in [0.3, 0.4) is 0 Å². The molecule has 0 amide bonds. The number of unbranched alkanes of at least 4 members (excludes halogenated alkanes) is 4. The molecule has 1 aliphatic rings. The molecule has 0 N–H and O–H groups in total. The second-order valence-electron chi connectivity index (χ2n) is 11.2. The fourth-order valence-electron chi connectivity index (χ4n) is 5.12. The van der Waals surface area contributed by atoms with Crippen molar-refractivity contribution in [3.63, 3.8) is 0 Å². The number of thiophene rings is 1. The number of aryl methyl sites for hydroxylation is 1. The maximum Gasteiger partial charge on any atom is 0.121 e. The Kier molecular flexibility index (Phi) is 16.5. The normalized spacial score (nSPS) is 22.8. The van der Waals surface area contributed by atoms with Gasteiger partial charge in [-0.05, 0) is 55.4 Å². The predicted octanol–water partition coefficient (Wildman–Crippen LogP) is 8.71. The van der Waals surface area contributed by atoms with Crippen molar-refractivity contribution in [2.24, 2.45) is 0 Å². The van der Waals surface area contributed by atoms with Crippen molar-refractivity contribution in [3.8, 4) is 0 Å². The first-order valence-corrected chi connectivity index (χ1v) is 17.2. The van der Waals surface area contributed by atoms with Crippen molar-refractivity contribution < 1.29 is 23.7 Å². The SMILES string of the molecule is CCCCOC[C@H]1O[C@@H](c2ccc(Cc3ccc(CC)cc3)s2)[C@H](OCCCC)C(OCCCC)[C@@H]1OCCCC. The van der Waals surface area contributed by atoms with Crippen LogP contribution < -0.4 is 0 Å². The van der Waals surface area contributed by atoms with Gasteiger partial charge in [-0.15, -0.1) is 11.3 Å². The molecule has 1 aromatic carbocycles. The third-order valence-electron chi connectivity index (χ3n) is 7.76. The molecular formula is C35H56O5S. The Morgan fingerprint density at radius 3 is 1.80 bits per heavy atom. The zero-order chi connectivity index (χ0) is 29.3. The average molecular weight is 589 g/mol. The maximum absolute atomic E-state index is 6.93. The van der Waals surface area contributed by atoms with Crippen LogP contribution in [-0.2, 0) is 36.5 Å². The molecule has 2 aromatic rings. The maximum atomic E-state index is 6.93. The summed E-state index contributed by atoms with van der Waals surface area (Å²) in [6.07, 6.45) is 9.37. The van der Waals surface area contributed by atoms with E-state index in [4.69, 9.17) is 23.7 Å². The summed E-state index contributed by atoms with van der Waals surface area (Å²) in [5, 5.41) is 0. The minimum absolute atomic E-state index is 0.207. The first-order valence-electron chi connectivity index (χ1n) is 16.4. The van der Waals surface area contributed by atoms with E-state index in [1.54, 1.807) is 0 Å². The predicted molar refractivity (Wildman–Crippen MR) is 170 cm³/mol. The van der Waals surface area contributed by atoms with E-state index in [0.29, 0.717) is 26.4 Å². The van der Waals surface area contributed by atoms with Crippen LogP contribution in [0.5, 0.6) is 0 Å². The molecule has 0 aliphatic carbocycles. The third-order valence-corrected chi connectivity index (χ3v) is 8.90. The molecule has 232 valence electrons. The minimum atomic E-state index is -0.229. The topological polar surface area (TPSA) is 46.2 Å². The summed E-state index contributed by atoms with van der Waals surface area (Å²) >= 11 is 1.83. The van der Waals surface area contributed by atoms with E-state index in [0.717, 1.165) is 70.8 Å². The molecule has 6 heteroatoms. The average Bonchev–Trinajstić information content (AvgIpc) is 3.45. The Morgan fingerprint density at radius 1 is 0.634 bits per heavy atom. The second-order valence-corrected chi connectivity index (χ2v) is 12.4. The van der Waals surface area contributed by atoms with Gasteiger partial charge in [0.05, 0.1) is 6.61 Å². The highest BCUT2D eigenvalue weighted by Gasteiger charge is 2.49. The van der Waals surface area contributed by atoms with Crippen LogP contribution in [0.2, 0.25) is 0 Å². The van der Waals surface area contributed by atoms with E-state index in [-0.39, 0.29) is 30.5 Å². The van der Waals surface area contributed by atoms with Crippen molar-refractivity contribution >= 4 is 11.3 Å². The summed E-state index contributed by atoms with van der Waals surface area (Å²) < 4.78 is 32.9. The number of benzene rings is 1. The van der Waals surface area contributed by atoms with Gasteiger partial charge in [-0.1, -0.05) is 84.6 Å². The fourth-order valence-corrected chi connectivity index (χ4v) is 6.24. The van der Waals surface area contributed by atoms with Gasteiger partial charge in [-0.2, -0.15) is 0 Å². The van der Waals surface area contributed by atoms with E-state index in [2.05, 4.69) is 71.0 Å². The lowest BCUT2D eigenvalue weighted by atomic mass is 9.93. The summed E-state index contributed by atoms with van der Waals surface area (Å²) in [6, 6.07) is 13.5. The van der Waals surface area contributed by atoms with Gasteiger partial charge in [0, 0.05) is 42.6 Å². The lowest BCUT2D eigenvalue weighted by molar-refractivity contribution is -0.267. The van der Waals surface area contributed by atoms with E-state index < -0.39 is 0 Å². The largest absolute Gasteiger partial charge is 0.379 e. The van der Waals surface area contributed by atoms with E-state index in [1.165, 1.54) is 20.9 Å². The number of hydrogen-bond acceptors (Lipinski definition) is 6. The molecule has 1 saturated heterocycles. The Balaban J connectivity index is 1.88. The molecule has 0 saturated carbocycles. The lowest BCUT2D eigenvalue weighted by Crippen LogP contribution is -2.58. The quantitative estimate of drug-likeness (QED) is 0.137. The third kappa shape index (κ3) is 11.1. The van der Waals surface area contributed by atoms with Crippen LogP contribution in [0, 0.1) is 0 Å². The van der Waals surface area contributed by atoms with Gasteiger partial charge in [-0.3, -0.25) is 0 Å².